The molecule has 0 nitrogen and oxygen atoms in total. The third kappa shape index (κ3) is 11.9. The molecule has 0 aromatic rings. The van der Waals surface area contributed by atoms with E-state index in [2.05, 4.69) is 85.1 Å². The summed E-state index contributed by atoms with van der Waals surface area (Å²) < 4.78 is 1.12. The lowest BCUT2D eigenvalue weighted by molar-refractivity contribution is 0.975. The molecule has 0 heterocycles. The van der Waals surface area contributed by atoms with Crippen LogP contribution >= 0.6 is 15.9 Å². The molecule has 0 unspecified atom stereocenters. The Balaban J connectivity index is 4.25. The Morgan fingerprint density at radius 2 is 1.78 bits per heavy atom. The fourth-order valence-electron chi connectivity index (χ4n) is 2.08. The van der Waals surface area contributed by atoms with Crippen LogP contribution in [0.15, 0.2) is 76.5 Å². The first kappa shape index (κ1) is 21.7. The Morgan fingerprint density at radius 1 is 1.09 bits per heavy atom. The normalized spacial score (nSPS) is 12.9. The van der Waals surface area contributed by atoms with Crippen LogP contribution < -0.4 is 0 Å². The van der Waals surface area contributed by atoms with Crippen molar-refractivity contribution in [1.29, 1.82) is 0 Å². The molecule has 0 bridgehead atoms. The van der Waals surface area contributed by atoms with Crippen molar-refractivity contribution in [3.05, 3.63) is 76.5 Å². The minimum Gasteiger partial charge on any atom is -0.124 e. The summed E-state index contributed by atoms with van der Waals surface area (Å²) in [5.74, 6) is 0. The Bertz CT molecular complexity index is 520. The SMILES string of the molecule is C=C=C(CC)/C(Br)=C\CC/C=C\CCC(/C=C\CC)=C/C(=C)C. The summed E-state index contributed by atoms with van der Waals surface area (Å²) >= 11 is 3.59. The first-order chi connectivity index (χ1) is 11.0. The zero-order valence-corrected chi connectivity index (χ0v) is 16.6. The molecule has 0 fully saturated rings. The summed E-state index contributed by atoms with van der Waals surface area (Å²) in [6, 6.07) is 0. The lowest BCUT2D eigenvalue weighted by Crippen LogP contribution is -1.80. The predicted molar refractivity (Wildman–Crippen MR) is 110 cm³/mol. The standard InChI is InChI=1S/C22H31Br/c1-6-9-15-20(18-19(4)5)16-13-11-10-12-14-17-22(23)21(7-2)8-3/h9-11,15,17-18H,2,4,6,8,12-14,16H2,1,3,5H3/b11-10-,15-9-,20-18+,22-17+. The van der Waals surface area contributed by atoms with Crippen LogP contribution in [0.25, 0.3) is 0 Å². The highest BCUT2D eigenvalue weighted by Gasteiger charge is 1.96. The summed E-state index contributed by atoms with van der Waals surface area (Å²) in [7, 11) is 0. The van der Waals surface area contributed by atoms with Gasteiger partial charge in [0.15, 0.2) is 0 Å². The van der Waals surface area contributed by atoms with Gasteiger partial charge in [-0.15, -0.1) is 5.73 Å². The van der Waals surface area contributed by atoms with Gasteiger partial charge in [-0.1, -0.05) is 85.0 Å². The van der Waals surface area contributed by atoms with Crippen LogP contribution in [0, 0.1) is 0 Å². The molecule has 0 rings (SSSR count). The maximum absolute atomic E-state index is 3.97. The summed E-state index contributed by atoms with van der Waals surface area (Å²) in [5.41, 5.74) is 6.59. The van der Waals surface area contributed by atoms with E-state index in [9.17, 15) is 0 Å². The lowest BCUT2D eigenvalue weighted by atomic mass is 10.1. The van der Waals surface area contributed by atoms with Crippen molar-refractivity contribution in [2.24, 2.45) is 0 Å². The van der Waals surface area contributed by atoms with E-state index in [0.717, 1.165) is 54.2 Å². The molecule has 0 atom stereocenters. The van der Waals surface area contributed by atoms with Gasteiger partial charge in [-0.05, 0) is 51.0 Å². The molecule has 0 aliphatic heterocycles. The van der Waals surface area contributed by atoms with E-state index in [1.165, 1.54) is 5.57 Å². The van der Waals surface area contributed by atoms with E-state index >= 15 is 0 Å². The van der Waals surface area contributed by atoms with Crippen molar-refractivity contribution < 1.29 is 0 Å². The molecule has 0 aliphatic carbocycles. The van der Waals surface area contributed by atoms with Gasteiger partial charge in [0.25, 0.3) is 0 Å². The van der Waals surface area contributed by atoms with Crippen LogP contribution in [0.4, 0.5) is 0 Å². The van der Waals surface area contributed by atoms with Crippen LogP contribution in [-0.4, -0.2) is 0 Å². The first-order valence-electron chi connectivity index (χ1n) is 8.47. The lowest BCUT2D eigenvalue weighted by Gasteiger charge is -2.00. The number of rotatable bonds is 11. The maximum Gasteiger partial charge on any atom is 0.0244 e. The molecule has 126 valence electrons. The Hall–Kier alpha value is -1.30. The quantitative estimate of drug-likeness (QED) is 0.149. The van der Waals surface area contributed by atoms with Crippen molar-refractivity contribution in [1.82, 2.24) is 0 Å². The van der Waals surface area contributed by atoms with Crippen LogP contribution in [0.5, 0.6) is 0 Å². The Kier molecular flexibility index (Phi) is 13.5. The zero-order valence-electron chi connectivity index (χ0n) is 15.0. The van der Waals surface area contributed by atoms with Crippen molar-refractivity contribution in [3.63, 3.8) is 0 Å². The van der Waals surface area contributed by atoms with E-state index in [1.54, 1.807) is 0 Å². The third-order valence-corrected chi connectivity index (χ3v) is 4.08. The highest BCUT2D eigenvalue weighted by atomic mass is 79.9. The van der Waals surface area contributed by atoms with Gasteiger partial charge in [-0.25, -0.2) is 0 Å². The fraction of sp³-hybridized carbons (Fsp3) is 0.409. The van der Waals surface area contributed by atoms with Gasteiger partial charge >= 0.3 is 0 Å². The molecule has 0 amide bonds. The maximum atomic E-state index is 3.97. The third-order valence-electron chi connectivity index (χ3n) is 3.28. The van der Waals surface area contributed by atoms with Gasteiger partial charge in [0.2, 0.25) is 0 Å². The monoisotopic (exact) mass is 374 g/mol. The average Bonchev–Trinajstić information content (AvgIpc) is 2.52. The molecule has 0 aliphatic rings. The molecule has 0 saturated carbocycles. The Morgan fingerprint density at radius 3 is 2.35 bits per heavy atom. The van der Waals surface area contributed by atoms with Crippen molar-refractivity contribution >= 4 is 15.9 Å². The van der Waals surface area contributed by atoms with E-state index in [4.69, 9.17) is 0 Å². The van der Waals surface area contributed by atoms with E-state index in [1.807, 2.05) is 6.92 Å². The van der Waals surface area contributed by atoms with Crippen LogP contribution in [0.3, 0.4) is 0 Å². The summed E-state index contributed by atoms with van der Waals surface area (Å²) in [5, 5.41) is 0. The second kappa shape index (κ2) is 14.3. The predicted octanol–water partition coefficient (Wildman–Crippen LogP) is 7.97. The number of unbranched alkanes of at least 4 members (excludes halogenated alkanes) is 1. The van der Waals surface area contributed by atoms with Gasteiger partial charge in [0, 0.05) is 10.1 Å². The number of hydrogen-bond acceptors (Lipinski definition) is 0. The molecule has 0 saturated heterocycles. The molecule has 1 heteroatoms. The summed E-state index contributed by atoms with van der Waals surface area (Å²) in [6.45, 7) is 14.0. The van der Waals surface area contributed by atoms with E-state index in [0.29, 0.717) is 0 Å². The molecule has 0 spiro atoms. The second-order valence-corrected chi connectivity index (χ2v) is 6.38. The van der Waals surface area contributed by atoms with Gasteiger partial charge in [0.05, 0.1) is 0 Å². The average molecular weight is 375 g/mol. The van der Waals surface area contributed by atoms with Gasteiger partial charge < -0.3 is 0 Å². The topological polar surface area (TPSA) is 0 Å². The highest BCUT2D eigenvalue weighted by Crippen LogP contribution is 2.20. The molecular formula is C22H31Br. The zero-order chi connectivity index (χ0) is 17.5. The molecule has 0 aromatic carbocycles. The minimum absolute atomic E-state index is 0.958. The number of hydrogen-bond donors (Lipinski definition) is 0. The molecule has 23 heavy (non-hydrogen) atoms. The van der Waals surface area contributed by atoms with Gasteiger partial charge in [-0.3, -0.25) is 0 Å². The second-order valence-electron chi connectivity index (χ2n) is 5.52. The van der Waals surface area contributed by atoms with Crippen molar-refractivity contribution in [2.75, 3.05) is 0 Å². The summed E-state index contributed by atoms with van der Waals surface area (Å²) in [4.78, 5) is 0. The highest BCUT2D eigenvalue weighted by molar-refractivity contribution is 9.12. The van der Waals surface area contributed by atoms with Gasteiger partial charge in [-0.2, -0.15) is 0 Å². The van der Waals surface area contributed by atoms with Crippen molar-refractivity contribution in [2.45, 2.75) is 59.3 Å². The van der Waals surface area contributed by atoms with E-state index in [-0.39, 0.29) is 0 Å². The first-order valence-corrected chi connectivity index (χ1v) is 9.26. The van der Waals surface area contributed by atoms with Crippen LogP contribution in [0.2, 0.25) is 0 Å². The number of allylic oxidation sites excluding steroid dienone is 10. The molecule has 0 aromatic heterocycles. The van der Waals surface area contributed by atoms with Gasteiger partial charge in [0.1, 0.15) is 0 Å². The van der Waals surface area contributed by atoms with Crippen LogP contribution in [-0.2, 0) is 0 Å². The van der Waals surface area contributed by atoms with Crippen LogP contribution in [0.1, 0.15) is 59.3 Å². The molecular weight excluding hydrogens is 344 g/mol. The number of halogens is 1. The minimum atomic E-state index is 0.958. The molecule has 0 N–H and O–H groups in total. The smallest absolute Gasteiger partial charge is 0.0244 e. The fourth-order valence-corrected chi connectivity index (χ4v) is 2.73. The van der Waals surface area contributed by atoms with E-state index < -0.39 is 0 Å². The largest absolute Gasteiger partial charge is 0.124 e. The molecule has 0 radical (unpaired) electrons. The summed E-state index contributed by atoms with van der Waals surface area (Å²) in [6.07, 6.45) is 19.6. The Labute approximate surface area is 151 Å². The van der Waals surface area contributed by atoms with Crippen molar-refractivity contribution in [3.8, 4) is 0 Å².